The first-order valence-electron chi connectivity index (χ1n) is 9.81. The van der Waals surface area contributed by atoms with Gasteiger partial charge in [-0.05, 0) is 42.8 Å². The first-order valence-corrected chi connectivity index (χ1v) is 10.2. The third-order valence-electron chi connectivity index (χ3n) is 4.87. The van der Waals surface area contributed by atoms with Crippen LogP contribution in [0.25, 0.3) is 10.9 Å². The number of H-pyrrole nitrogens is 2. The first-order chi connectivity index (χ1) is 15.0. The van der Waals surface area contributed by atoms with E-state index in [-0.39, 0.29) is 11.2 Å². The quantitative estimate of drug-likeness (QED) is 0.440. The van der Waals surface area contributed by atoms with Gasteiger partial charge in [0.05, 0.1) is 18.6 Å². The molecule has 0 unspecified atom stereocenters. The van der Waals surface area contributed by atoms with E-state index in [4.69, 9.17) is 16.3 Å². The van der Waals surface area contributed by atoms with E-state index in [1.54, 1.807) is 16.7 Å². The number of benzene rings is 2. The molecule has 2 aromatic heterocycles. The highest BCUT2D eigenvalue weighted by Crippen LogP contribution is 2.20. The highest BCUT2D eigenvalue weighted by molar-refractivity contribution is 6.31. The summed E-state index contributed by atoms with van der Waals surface area (Å²) in [6.07, 6.45) is 0. The van der Waals surface area contributed by atoms with Crippen LogP contribution in [0.2, 0.25) is 5.02 Å². The van der Waals surface area contributed by atoms with Crippen LogP contribution in [0.15, 0.2) is 64.2 Å². The van der Waals surface area contributed by atoms with Crippen molar-refractivity contribution in [1.82, 2.24) is 24.6 Å². The Hall–Kier alpha value is -3.36. The smallest absolute Gasteiger partial charge is 0.340 e. The molecule has 2 heterocycles. The monoisotopic (exact) mass is 439 g/mol. The number of hydrogen-bond acceptors (Lipinski definition) is 5. The van der Waals surface area contributed by atoms with Crippen LogP contribution in [0.4, 0.5) is 0 Å². The number of nitrogens with one attached hydrogen (secondary N) is 2. The average Bonchev–Trinajstić information content (AvgIpc) is 3.16. The standard InChI is InChI=1S/C22H22ClN5O3/c1-27(14-20-24-22(30)26-25-20)13-16-11-15-7-8-17(23)12-19(15)28(21(16)29)9-10-31-18-5-3-2-4-6-18/h2-8,11-12H,9-10,13-14H2,1H3,(H2,24,25,26,30). The van der Waals surface area contributed by atoms with Crippen LogP contribution < -0.4 is 16.0 Å². The van der Waals surface area contributed by atoms with Crippen molar-refractivity contribution in [1.29, 1.82) is 0 Å². The van der Waals surface area contributed by atoms with Gasteiger partial charge in [0.1, 0.15) is 18.2 Å². The summed E-state index contributed by atoms with van der Waals surface area (Å²) in [6.45, 7) is 1.52. The van der Waals surface area contributed by atoms with E-state index in [2.05, 4.69) is 15.2 Å². The zero-order chi connectivity index (χ0) is 21.8. The number of hydrogen-bond donors (Lipinski definition) is 2. The fourth-order valence-corrected chi connectivity index (χ4v) is 3.66. The Kier molecular flexibility index (Phi) is 6.20. The largest absolute Gasteiger partial charge is 0.492 e. The Labute approximate surface area is 183 Å². The normalized spacial score (nSPS) is 11.3. The summed E-state index contributed by atoms with van der Waals surface area (Å²) in [4.78, 5) is 29.1. The molecule has 4 rings (SSSR count). The Morgan fingerprint density at radius 3 is 2.65 bits per heavy atom. The highest BCUT2D eigenvalue weighted by Gasteiger charge is 2.13. The maximum absolute atomic E-state index is 13.3. The first kappa shape index (κ1) is 20.9. The summed E-state index contributed by atoms with van der Waals surface area (Å²) < 4.78 is 7.50. The number of halogens is 1. The lowest BCUT2D eigenvalue weighted by Gasteiger charge is -2.18. The van der Waals surface area contributed by atoms with E-state index in [0.717, 1.165) is 16.7 Å². The molecular weight excluding hydrogens is 418 g/mol. The molecule has 0 saturated heterocycles. The van der Waals surface area contributed by atoms with E-state index in [1.165, 1.54) is 0 Å². The summed E-state index contributed by atoms with van der Waals surface area (Å²) in [5.74, 6) is 1.26. The highest BCUT2D eigenvalue weighted by atomic mass is 35.5. The van der Waals surface area contributed by atoms with Gasteiger partial charge in [-0.2, -0.15) is 5.10 Å². The predicted octanol–water partition coefficient (Wildman–Crippen LogP) is 2.78. The van der Waals surface area contributed by atoms with Gasteiger partial charge in [0.15, 0.2) is 0 Å². The maximum Gasteiger partial charge on any atom is 0.340 e. The Morgan fingerprint density at radius 1 is 1.10 bits per heavy atom. The van der Waals surface area contributed by atoms with Crippen molar-refractivity contribution < 1.29 is 4.74 Å². The van der Waals surface area contributed by atoms with Gasteiger partial charge in [0, 0.05) is 17.1 Å². The van der Waals surface area contributed by atoms with Crippen LogP contribution in [0.1, 0.15) is 11.4 Å². The second-order valence-corrected chi connectivity index (χ2v) is 7.72. The topological polar surface area (TPSA) is 96.0 Å². The second kappa shape index (κ2) is 9.20. The van der Waals surface area contributed by atoms with Gasteiger partial charge in [-0.3, -0.25) is 14.7 Å². The number of nitrogens with zero attached hydrogens (tertiary/aromatic N) is 3. The minimum Gasteiger partial charge on any atom is -0.492 e. The fraction of sp³-hybridized carbons (Fsp3) is 0.227. The third-order valence-corrected chi connectivity index (χ3v) is 5.10. The summed E-state index contributed by atoms with van der Waals surface area (Å²) in [5.41, 5.74) is 0.938. The molecule has 2 N–H and O–H groups in total. The number of rotatable bonds is 8. The van der Waals surface area contributed by atoms with Crippen molar-refractivity contribution in [2.24, 2.45) is 0 Å². The Balaban J connectivity index is 1.60. The van der Waals surface area contributed by atoms with Crippen LogP contribution in [0.3, 0.4) is 0 Å². The van der Waals surface area contributed by atoms with Gasteiger partial charge >= 0.3 is 5.69 Å². The van der Waals surface area contributed by atoms with Gasteiger partial charge in [0.2, 0.25) is 0 Å². The molecule has 160 valence electrons. The van der Waals surface area contributed by atoms with Crippen LogP contribution in [0, 0.1) is 0 Å². The van der Waals surface area contributed by atoms with Crippen molar-refractivity contribution in [3.63, 3.8) is 0 Å². The summed E-state index contributed by atoms with van der Waals surface area (Å²) in [5, 5.41) is 7.75. The number of ether oxygens (including phenoxy) is 1. The molecule has 8 nitrogen and oxygen atoms in total. The zero-order valence-electron chi connectivity index (χ0n) is 17.0. The van der Waals surface area contributed by atoms with Crippen molar-refractivity contribution in [2.75, 3.05) is 13.7 Å². The molecule has 0 atom stereocenters. The van der Waals surface area contributed by atoms with Crippen LogP contribution >= 0.6 is 11.6 Å². The van der Waals surface area contributed by atoms with E-state index in [1.807, 2.05) is 54.4 Å². The Morgan fingerprint density at radius 2 is 1.90 bits per heavy atom. The minimum atomic E-state index is -0.355. The molecule has 0 aliphatic rings. The molecule has 0 saturated carbocycles. The van der Waals surface area contributed by atoms with Crippen LogP contribution in [-0.2, 0) is 19.6 Å². The average molecular weight is 440 g/mol. The lowest BCUT2D eigenvalue weighted by molar-refractivity contribution is 0.294. The molecule has 0 amide bonds. The summed E-state index contributed by atoms with van der Waals surface area (Å²) in [7, 11) is 1.86. The molecule has 0 aliphatic heterocycles. The SMILES string of the molecule is CN(Cc1n[nH]c(=O)[nH]1)Cc1cc2ccc(Cl)cc2n(CCOc2ccccc2)c1=O. The maximum atomic E-state index is 13.3. The molecule has 2 aromatic carbocycles. The second-order valence-electron chi connectivity index (χ2n) is 7.29. The third kappa shape index (κ3) is 5.04. The van der Waals surface area contributed by atoms with Crippen molar-refractivity contribution >= 4 is 22.5 Å². The van der Waals surface area contributed by atoms with E-state index in [9.17, 15) is 9.59 Å². The van der Waals surface area contributed by atoms with Crippen LogP contribution in [0.5, 0.6) is 5.75 Å². The van der Waals surface area contributed by atoms with Crippen molar-refractivity contribution in [2.45, 2.75) is 19.6 Å². The molecular formula is C22H22ClN5O3. The lowest BCUT2D eigenvalue weighted by Crippen LogP contribution is -2.30. The van der Waals surface area contributed by atoms with E-state index < -0.39 is 0 Å². The zero-order valence-corrected chi connectivity index (χ0v) is 17.7. The molecule has 0 bridgehead atoms. The van der Waals surface area contributed by atoms with Gasteiger partial charge in [0.25, 0.3) is 5.56 Å². The van der Waals surface area contributed by atoms with Crippen molar-refractivity contribution in [3.8, 4) is 5.75 Å². The number of fused-ring (bicyclic) bond motifs is 1. The number of aromatic nitrogens is 4. The van der Waals surface area contributed by atoms with E-state index >= 15 is 0 Å². The number of aromatic amines is 2. The summed E-state index contributed by atoms with van der Waals surface area (Å²) >= 11 is 6.20. The van der Waals surface area contributed by atoms with Gasteiger partial charge in [-0.15, -0.1) is 0 Å². The predicted molar refractivity (Wildman–Crippen MR) is 120 cm³/mol. The lowest BCUT2D eigenvalue weighted by atomic mass is 10.1. The molecule has 4 aromatic rings. The molecule has 9 heteroatoms. The van der Waals surface area contributed by atoms with E-state index in [0.29, 0.717) is 42.7 Å². The van der Waals surface area contributed by atoms with Gasteiger partial charge in [-0.25, -0.2) is 9.89 Å². The Bertz CT molecular complexity index is 1300. The van der Waals surface area contributed by atoms with Crippen molar-refractivity contribution in [3.05, 3.63) is 91.8 Å². The van der Waals surface area contributed by atoms with Gasteiger partial charge in [-0.1, -0.05) is 35.9 Å². The molecule has 0 spiro atoms. The van der Waals surface area contributed by atoms with Crippen LogP contribution in [-0.4, -0.2) is 38.3 Å². The number of para-hydroxylation sites is 1. The molecule has 0 fully saturated rings. The fourth-order valence-electron chi connectivity index (χ4n) is 3.49. The molecule has 0 aliphatic carbocycles. The number of pyridine rings is 1. The van der Waals surface area contributed by atoms with Gasteiger partial charge < -0.3 is 9.30 Å². The summed E-state index contributed by atoms with van der Waals surface area (Å²) in [6, 6.07) is 16.9. The molecule has 0 radical (unpaired) electrons. The minimum absolute atomic E-state index is 0.103. The molecule has 31 heavy (non-hydrogen) atoms.